The maximum absolute atomic E-state index is 6.50. The molecule has 0 nitrogen and oxygen atoms in total. The van der Waals surface area contributed by atoms with E-state index in [2.05, 4.69) is 27.7 Å². The van der Waals surface area contributed by atoms with Crippen LogP contribution < -0.4 is 0 Å². The fourth-order valence-corrected chi connectivity index (χ4v) is 4.40. The lowest BCUT2D eigenvalue weighted by Crippen LogP contribution is -2.29. The van der Waals surface area contributed by atoms with Gasteiger partial charge in [0.2, 0.25) is 0 Å². The second-order valence-electron chi connectivity index (χ2n) is 3.05. The highest BCUT2D eigenvalue weighted by Crippen LogP contribution is 2.34. The summed E-state index contributed by atoms with van der Waals surface area (Å²) < 4.78 is 0. The summed E-state index contributed by atoms with van der Waals surface area (Å²) in [5.41, 5.74) is 0.782. The van der Waals surface area contributed by atoms with Crippen LogP contribution in [-0.4, -0.2) is 7.38 Å². The molecule has 0 aromatic carbocycles. The maximum Gasteiger partial charge on any atom is 0.158 e. The molecule has 0 aliphatic carbocycles. The van der Waals surface area contributed by atoms with Gasteiger partial charge in [-0.3, -0.25) is 0 Å². The Morgan fingerprint density at radius 2 is 1.60 bits per heavy atom. The fraction of sp³-hybridized carbons (Fsp3) is 1.00. The molecule has 0 aliphatic heterocycles. The first-order valence-corrected chi connectivity index (χ1v) is 7.80. The van der Waals surface area contributed by atoms with Crippen molar-refractivity contribution in [3.8, 4) is 0 Å². The van der Waals surface area contributed by atoms with Crippen LogP contribution in [0, 0.1) is 0 Å². The Bertz CT molecular complexity index is 89.3. The van der Waals surface area contributed by atoms with Gasteiger partial charge < -0.3 is 0 Å². The molecule has 0 radical (unpaired) electrons. The standard InChI is InChI=1S/C8H19ClSi/c1-5-8(4)10(9,6-2)7-3/h8H,5-7H2,1-4H3. The van der Waals surface area contributed by atoms with Crippen LogP contribution in [0.2, 0.25) is 17.6 Å². The van der Waals surface area contributed by atoms with E-state index in [1.165, 1.54) is 18.5 Å². The Morgan fingerprint density at radius 3 is 1.70 bits per heavy atom. The molecule has 0 aromatic rings. The molecular formula is C8H19ClSi. The second kappa shape index (κ2) is 4.40. The topological polar surface area (TPSA) is 0 Å². The largest absolute Gasteiger partial charge is 0.167 e. The van der Waals surface area contributed by atoms with Crippen LogP contribution in [0.1, 0.15) is 34.1 Å². The van der Waals surface area contributed by atoms with Gasteiger partial charge in [0.05, 0.1) is 0 Å². The summed E-state index contributed by atoms with van der Waals surface area (Å²) in [4.78, 5) is 0. The van der Waals surface area contributed by atoms with Crippen molar-refractivity contribution >= 4 is 18.5 Å². The molecule has 1 unspecified atom stereocenters. The zero-order valence-corrected chi connectivity index (χ0v) is 9.33. The molecule has 0 spiro atoms. The van der Waals surface area contributed by atoms with Crippen LogP contribution in [0.15, 0.2) is 0 Å². The third-order valence-electron chi connectivity index (χ3n) is 2.67. The van der Waals surface area contributed by atoms with Crippen LogP contribution >= 0.6 is 11.1 Å². The van der Waals surface area contributed by atoms with Gasteiger partial charge in [0.15, 0.2) is 7.38 Å². The van der Waals surface area contributed by atoms with Crippen molar-refractivity contribution in [1.29, 1.82) is 0 Å². The summed E-state index contributed by atoms with van der Waals surface area (Å²) >= 11 is 6.50. The van der Waals surface area contributed by atoms with Crippen molar-refractivity contribution in [2.24, 2.45) is 0 Å². The van der Waals surface area contributed by atoms with E-state index in [1.807, 2.05) is 0 Å². The third-order valence-corrected chi connectivity index (χ3v) is 9.92. The van der Waals surface area contributed by atoms with Gasteiger partial charge in [-0.05, 0) is 17.6 Å². The highest BCUT2D eigenvalue weighted by molar-refractivity contribution is 7.21. The molecule has 0 aromatic heterocycles. The lowest BCUT2D eigenvalue weighted by molar-refractivity contribution is 0.837. The molecule has 62 valence electrons. The van der Waals surface area contributed by atoms with E-state index in [9.17, 15) is 0 Å². The predicted molar refractivity (Wildman–Crippen MR) is 52.3 cm³/mol. The van der Waals surface area contributed by atoms with E-state index < -0.39 is 7.38 Å². The van der Waals surface area contributed by atoms with Gasteiger partial charge in [0, 0.05) is 0 Å². The molecule has 0 amide bonds. The van der Waals surface area contributed by atoms with Gasteiger partial charge >= 0.3 is 0 Å². The highest BCUT2D eigenvalue weighted by atomic mass is 35.6. The van der Waals surface area contributed by atoms with Gasteiger partial charge in [-0.2, -0.15) is 11.1 Å². The average molecular weight is 179 g/mol. The van der Waals surface area contributed by atoms with Gasteiger partial charge in [0.25, 0.3) is 0 Å². The van der Waals surface area contributed by atoms with Crippen LogP contribution in [0.4, 0.5) is 0 Å². The van der Waals surface area contributed by atoms with Crippen molar-refractivity contribution < 1.29 is 0 Å². The van der Waals surface area contributed by atoms with E-state index >= 15 is 0 Å². The molecule has 1 atom stereocenters. The van der Waals surface area contributed by atoms with Crippen LogP contribution in [-0.2, 0) is 0 Å². The summed E-state index contributed by atoms with van der Waals surface area (Å²) in [7, 11) is -1.33. The average Bonchev–Trinajstić information content (AvgIpc) is 2.01. The third kappa shape index (κ3) is 2.28. The maximum atomic E-state index is 6.50. The van der Waals surface area contributed by atoms with Gasteiger partial charge in [-0.25, -0.2) is 0 Å². The summed E-state index contributed by atoms with van der Waals surface area (Å²) in [6, 6.07) is 2.44. The van der Waals surface area contributed by atoms with Crippen LogP contribution in [0.3, 0.4) is 0 Å². The first-order valence-electron chi connectivity index (χ1n) is 4.29. The fourth-order valence-electron chi connectivity index (χ4n) is 1.31. The van der Waals surface area contributed by atoms with Gasteiger partial charge in [-0.15, -0.1) is 0 Å². The molecule has 0 heterocycles. The minimum atomic E-state index is -1.33. The second-order valence-corrected chi connectivity index (χ2v) is 9.78. The molecule has 2 heteroatoms. The van der Waals surface area contributed by atoms with Crippen molar-refractivity contribution in [3.05, 3.63) is 0 Å². The smallest absolute Gasteiger partial charge is 0.158 e. The van der Waals surface area contributed by atoms with E-state index in [4.69, 9.17) is 11.1 Å². The van der Waals surface area contributed by atoms with Crippen molar-refractivity contribution in [2.75, 3.05) is 0 Å². The molecule has 0 aliphatic rings. The lowest BCUT2D eigenvalue weighted by atomic mass is 10.4. The highest BCUT2D eigenvalue weighted by Gasteiger charge is 2.31. The molecule has 0 saturated carbocycles. The monoisotopic (exact) mass is 178 g/mol. The number of hydrogen-bond donors (Lipinski definition) is 0. The van der Waals surface area contributed by atoms with Crippen LogP contribution in [0.25, 0.3) is 0 Å². The predicted octanol–water partition coefficient (Wildman–Crippen LogP) is 4.01. The normalized spacial score (nSPS) is 15.3. The molecular weight excluding hydrogens is 160 g/mol. The molecule has 10 heavy (non-hydrogen) atoms. The summed E-state index contributed by atoms with van der Waals surface area (Å²) in [6.07, 6.45) is 1.25. The van der Waals surface area contributed by atoms with E-state index in [0.717, 1.165) is 5.54 Å². The van der Waals surface area contributed by atoms with E-state index in [1.54, 1.807) is 0 Å². The van der Waals surface area contributed by atoms with E-state index in [0.29, 0.717) is 0 Å². The van der Waals surface area contributed by atoms with Gasteiger partial charge in [0.1, 0.15) is 0 Å². The molecule has 0 bridgehead atoms. The van der Waals surface area contributed by atoms with E-state index in [-0.39, 0.29) is 0 Å². The molecule has 0 fully saturated rings. The first-order chi connectivity index (χ1) is 4.60. The zero-order chi connectivity index (χ0) is 8.20. The Kier molecular flexibility index (Phi) is 4.62. The van der Waals surface area contributed by atoms with Crippen molar-refractivity contribution in [3.63, 3.8) is 0 Å². The summed E-state index contributed by atoms with van der Waals surface area (Å²) in [5, 5.41) is 0. The zero-order valence-electron chi connectivity index (χ0n) is 7.58. The van der Waals surface area contributed by atoms with Crippen LogP contribution in [0.5, 0.6) is 0 Å². The van der Waals surface area contributed by atoms with Crippen molar-refractivity contribution in [1.82, 2.24) is 0 Å². The Labute approximate surface area is 70.7 Å². The Morgan fingerprint density at radius 1 is 1.20 bits per heavy atom. The number of halogens is 1. The SMILES string of the molecule is CCC(C)[Si](Cl)(CC)CC. The Hall–Kier alpha value is 0.507. The molecule has 0 saturated heterocycles. The summed E-state index contributed by atoms with van der Waals surface area (Å²) in [6.45, 7) is 9.00. The molecule has 0 N–H and O–H groups in total. The van der Waals surface area contributed by atoms with Gasteiger partial charge in [-0.1, -0.05) is 34.1 Å². The quantitative estimate of drug-likeness (QED) is 0.451. The summed E-state index contributed by atoms with van der Waals surface area (Å²) in [5.74, 6) is 0. The first kappa shape index (κ1) is 10.5. The number of hydrogen-bond acceptors (Lipinski definition) is 0. The molecule has 0 rings (SSSR count). The minimum absolute atomic E-state index is 0.782. The Balaban J connectivity index is 4.02. The van der Waals surface area contributed by atoms with Crippen molar-refractivity contribution in [2.45, 2.75) is 51.7 Å². The number of rotatable bonds is 4. The lowest BCUT2D eigenvalue weighted by Gasteiger charge is -2.27. The minimum Gasteiger partial charge on any atom is -0.167 e.